The molecule has 2 atom stereocenters. The molecule has 1 saturated heterocycles. The molecule has 0 saturated carbocycles. The van der Waals surface area contributed by atoms with Crippen LogP contribution in [0.15, 0.2) is 28.7 Å². The Labute approximate surface area is 120 Å². The van der Waals surface area contributed by atoms with Gasteiger partial charge in [0.2, 0.25) is 0 Å². The first-order valence-electron chi connectivity index (χ1n) is 7.67. The van der Waals surface area contributed by atoms with Crippen LogP contribution in [0.25, 0.3) is 11.0 Å². The molecule has 2 aromatic rings. The molecule has 3 heteroatoms. The normalized spacial score (nSPS) is 20.6. The van der Waals surface area contributed by atoms with Crippen LogP contribution in [-0.2, 0) is 11.2 Å². The lowest BCUT2D eigenvalue weighted by atomic mass is 9.96. The van der Waals surface area contributed by atoms with Gasteiger partial charge in [-0.05, 0) is 31.7 Å². The quantitative estimate of drug-likeness (QED) is 0.897. The van der Waals surface area contributed by atoms with E-state index < -0.39 is 0 Å². The van der Waals surface area contributed by atoms with Crippen molar-refractivity contribution in [3.8, 4) is 0 Å². The average Bonchev–Trinajstić information content (AvgIpc) is 3.11. The van der Waals surface area contributed by atoms with Gasteiger partial charge in [0.15, 0.2) is 0 Å². The van der Waals surface area contributed by atoms with Crippen molar-refractivity contribution in [1.29, 1.82) is 0 Å². The second-order valence-corrected chi connectivity index (χ2v) is 5.61. The third-order valence-corrected chi connectivity index (χ3v) is 4.23. The number of fused-ring (bicyclic) bond motifs is 1. The maximum absolute atomic E-state index is 6.44. The highest BCUT2D eigenvalue weighted by Gasteiger charge is 2.21. The molecule has 1 aromatic heterocycles. The van der Waals surface area contributed by atoms with Crippen LogP contribution in [-0.4, -0.2) is 12.7 Å². The van der Waals surface area contributed by atoms with Crippen molar-refractivity contribution in [1.82, 2.24) is 0 Å². The van der Waals surface area contributed by atoms with Gasteiger partial charge in [0.05, 0.1) is 6.10 Å². The van der Waals surface area contributed by atoms with Gasteiger partial charge in [0.25, 0.3) is 0 Å². The zero-order chi connectivity index (χ0) is 13.9. The monoisotopic (exact) mass is 273 g/mol. The Balaban J connectivity index is 1.80. The molecule has 3 rings (SSSR count). The van der Waals surface area contributed by atoms with Gasteiger partial charge in [-0.3, -0.25) is 0 Å². The van der Waals surface area contributed by atoms with E-state index >= 15 is 0 Å². The number of furan rings is 1. The number of aryl methyl sites for hydroxylation is 1. The lowest BCUT2D eigenvalue weighted by Gasteiger charge is -2.15. The SMILES string of the molecule is CCc1oc2ccccc2c1C(N)CCC1CCCO1. The Morgan fingerprint density at radius 2 is 2.20 bits per heavy atom. The van der Waals surface area contributed by atoms with E-state index in [1.165, 1.54) is 23.8 Å². The molecule has 2 heterocycles. The Kier molecular flexibility index (Phi) is 4.08. The first-order valence-corrected chi connectivity index (χ1v) is 7.67. The molecule has 2 unspecified atom stereocenters. The number of benzene rings is 1. The summed E-state index contributed by atoms with van der Waals surface area (Å²) in [6.07, 6.45) is 5.67. The van der Waals surface area contributed by atoms with E-state index in [-0.39, 0.29) is 6.04 Å². The van der Waals surface area contributed by atoms with Crippen molar-refractivity contribution < 1.29 is 9.15 Å². The molecule has 1 fully saturated rings. The topological polar surface area (TPSA) is 48.4 Å². The van der Waals surface area contributed by atoms with Crippen LogP contribution in [0.4, 0.5) is 0 Å². The third kappa shape index (κ3) is 2.60. The summed E-state index contributed by atoms with van der Waals surface area (Å²) in [6, 6.07) is 8.22. The number of nitrogens with two attached hydrogens (primary N) is 1. The van der Waals surface area contributed by atoms with E-state index in [4.69, 9.17) is 14.9 Å². The van der Waals surface area contributed by atoms with E-state index in [9.17, 15) is 0 Å². The maximum Gasteiger partial charge on any atom is 0.134 e. The largest absolute Gasteiger partial charge is 0.461 e. The van der Waals surface area contributed by atoms with Gasteiger partial charge < -0.3 is 14.9 Å². The van der Waals surface area contributed by atoms with Crippen LogP contribution in [0.2, 0.25) is 0 Å². The minimum absolute atomic E-state index is 0.0396. The smallest absolute Gasteiger partial charge is 0.134 e. The van der Waals surface area contributed by atoms with Gasteiger partial charge in [0, 0.05) is 30.0 Å². The standard InChI is InChI=1S/C17H23NO2/c1-2-15-17(13-7-3-4-8-16(13)20-15)14(18)10-9-12-6-5-11-19-12/h3-4,7-8,12,14H,2,5-6,9-11,18H2,1H3. The highest BCUT2D eigenvalue weighted by molar-refractivity contribution is 5.82. The molecule has 2 N–H and O–H groups in total. The number of hydrogen-bond acceptors (Lipinski definition) is 3. The number of para-hydroxylation sites is 1. The highest BCUT2D eigenvalue weighted by Crippen LogP contribution is 2.33. The molecular weight excluding hydrogens is 250 g/mol. The molecule has 1 aliphatic rings. The fourth-order valence-corrected chi connectivity index (χ4v) is 3.17. The molecule has 0 spiro atoms. The molecule has 3 nitrogen and oxygen atoms in total. The summed E-state index contributed by atoms with van der Waals surface area (Å²) in [6.45, 7) is 3.03. The molecule has 1 aromatic carbocycles. The van der Waals surface area contributed by atoms with Crippen LogP contribution in [0.3, 0.4) is 0 Å². The van der Waals surface area contributed by atoms with Crippen molar-refractivity contribution in [2.45, 2.75) is 51.2 Å². The lowest BCUT2D eigenvalue weighted by molar-refractivity contribution is 0.101. The average molecular weight is 273 g/mol. The van der Waals surface area contributed by atoms with Gasteiger partial charge in [-0.15, -0.1) is 0 Å². The van der Waals surface area contributed by atoms with Crippen molar-refractivity contribution in [3.05, 3.63) is 35.6 Å². The predicted octanol–water partition coefficient (Wildman–Crippen LogP) is 3.95. The second kappa shape index (κ2) is 5.98. The Morgan fingerprint density at radius 1 is 1.35 bits per heavy atom. The van der Waals surface area contributed by atoms with Gasteiger partial charge in [0.1, 0.15) is 11.3 Å². The molecular formula is C17H23NO2. The number of ether oxygens (including phenoxy) is 1. The summed E-state index contributed by atoms with van der Waals surface area (Å²) in [5, 5.41) is 1.17. The summed E-state index contributed by atoms with van der Waals surface area (Å²) in [7, 11) is 0. The molecule has 0 amide bonds. The molecule has 0 aliphatic carbocycles. The van der Waals surface area contributed by atoms with Crippen molar-refractivity contribution in [2.24, 2.45) is 5.73 Å². The summed E-state index contributed by atoms with van der Waals surface area (Å²) in [4.78, 5) is 0. The molecule has 108 valence electrons. The van der Waals surface area contributed by atoms with Crippen molar-refractivity contribution in [2.75, 3.05) is 6.61 Å². The molecule has 20 heavy (non-hydrogen) atoms. The van der Waals surface area contributed by atoms with Crippen LogP contribution in [0, 0.1) is 0 Å². The second-order valence-electron chi connectivity index (χ2n) is 5.61. The zero-order valence-electron chi connectivity index (χ0n) is 12.1. The third-order valence-electron chi connectivity index (χ3n) is 4.23. The van der Waals surface area contributed by atoms with Crippen LogP contribution in [0.1, 0.15) is 50.0 Å². The van der Waals surface area contributed by atoms with Gasteiger partial charge in [-0.2, -0.15) is 0 Å². The van der Waals surface area contributed by atoms with E-state index in [0.29, 0.717) is 6.10 Å². The van der Waals surface area contributed by atoms with Gasteiger partial charge in [-0.25, -0.2) is 0 Å². The van der Waals surface area contributed by atoms with Crippen LogP contribution in [0.5, 0.6) is 0 Å². The van der Waals surface area contributed by atoms with Gasteiger partial charge >= 0.3 is 0 Å². The minimum Gasteiger partial charge on any atom is -0.461 e. The zero-order valence-corrected chi connectivity index (χ0v) is 12.1. The highest BCUT2D eigenvalue weighted by atomic mass is 16.5. The first kappa shape index (κ1) is 13.7. The summed E-state index contributed by atoms with van der Waals surface area (Å²) in [5.74, 6) is 1.03. The van der Waals surface area contributed by atoms with E-state index in [2.05, 4.69) is 13.0 Å². The molecule has 0 bridgehead atoms. The predicted molar refractivity (Wildman–Crippen MR) is 80.7 cm³/mol. The van der Waals surface area contributed by atoms with E-state index in [1.54, 1.807) is 0 Å². The maximum atomic E-state index is 6.44. The minimum atomic E-state index is 0.0396. The first-order chi connectivity index (χ1) is 9.79. The molecule has 0 radical (unpaired) electrons. The van der Waals surface area contributed by atoms with Crippen LogP contribution >= 0.6 is 0 Å². The van der Waals surface area contributed by atoms with E-state index in [1.807, 2.05) is 18.2 Å². The lowest BCUT2D eigenvalue weighted by Crippen LogP contribution is -2.15. The molecule has 1 aliphatic heterocycles. The van der Waals surface area contributed by atoms with Crippen molar-refractivity contribution >= 4 is 11.0 Å². The Morgan fingerprint density at radius 3 is 2.95 bits per heavy atom. The van der Waals surface area contributed by atoms with Gasteiger partial charge in [-0.1, -0.05) is 25.1 Å². The van der Waals surface area contributed by atoms with E-state index in [0.717, 1.165) is 37.2 Å². The summed E-state index contributed by atoms with van der Waals surface area (Å²) >= 11 is 0. The number of rotatable bonds is 5. The fourth-order valence-electron chi connectivity index (χ4n) is 3.17. The fraction of sp³-hybridized carbons (Fsp3) is 0.529. The van der Waals surface area contributed by atoms with Crippen LogP contribution < -0.4 is 5.73 Å². The summed E-state index contributed by atoms with van der Waals surface area (Å²) < 4.78 is 11.6. The Bertz CT molecular complexity index is 569. The summed E-state index contributed by atoms with van der Waals surface area (Å²) in [5.41, 5.74) is 8.59. The Hall–Kier alpha value is -1.32. The van der Waals surface area contributed by atoms with Crippen molar-refractivity contribution in [3.63, 3.8) is 0 Å². The number of hydrogen-bond donors (Lipinski definition) is 1.